The average Bonchev–Trinajstić information content (AvgIpc) is 2.88. The van der Waals surface area contributed by atoms with E-state index in [-0.39, 0.29) is 17.9 Å². The van der Waals surface area contributed by atoms with E-state index in [4.69, 9.17) is 11.6 Å². The molecule has 25 heavy (non-hydrogen) atoms. The van der Waals surface area contributed by atoms with Gasteiger partial charge in [0.25, 0.3) is 11.7 Å². The molecule has 1 atom stereocenters. The number of carbonyl (C=O) groups is 2. The minimum atomic E-state index is -0.705. The largest absolute Gasteiger partial charge is 0.507 e. The van der Waals surface area contributed by atoms with Crippen molar-refractivity contribution in [1.82, 2.24) is 4.90 Å². The van der Waals surface area contributed by atoms with Crippen molar-refractivity contribution in [1.29, 1.82) is 0 Å². The van der Waals surface area contributed by atoms with Crippen LogP contribution < -0.4 is 0 Å². The Morgan fingerprint density at radius 3 is 2.36 bits per heavy atom. The van der Waals surface area contributed by atoms with Crippen LogP contribution in [0.15, 0.2) is 72.8 Å². The molecule has 0 bridgehead atoms. The Morgan fingerprint density at radius 1 is 1.12 bits per heavy atom. The standard InChI is InChI=1S/C20H16ClNO3/c1-2-12-22-17(13-8-10-15(21)11-9-13)16(19(24)20(22)25)18(23)14-6-4-3-5-7-14/h2-11,17,23H,1,12H2/t17-/m0/s1. The number of hydrogen-bond acceptors (Lipinski definition) is 3. The van der Waals surface area contributed by atoms with Gasteiger partial charge in [0, 0.05) is 17.1 Å². The number of amides is 1. The molecule has 0 radical (unpaired) electrons. The quantitative estimate of drug-likeness (QED) is 0.392. The number of rotatable bonds is 4. The van der Waals surface area contributed by atoms with Gasteiger partial charge < -0.3 is 10.0 Å². The van der Waals surface area contributed by atoms with Crippen molar-refractivity contribution in [2.45, 2.75) is 6.04 Å². The SMILES string of the molecule is C=CCN1C(=O)C(=O)C(=C(O)c2ccccc2)[C@@H]1c1ccc(Cl)cc1. The molecule has 0 aromatic heterocycles. The predicted octanol–water partition coefficient (Wildman–Crippen LogP) is 3.95. The highest BCUT2D eigenvalue weighted by Crippen LogP contribution is 2.39. The zero-order chi connectivity index (χ0) is 18.0. The fourth-order valence-corrected chi connectivity index (χ4v) is 3.08. The summed E-state index contributed by atoms with van der Waals surface area (Å²) in [5.74, 6) is -1.55. The molecular formula is C20H16ClNO3. The van der Waals surface area contributed by atoms with E-state index in [1.54, 1.807) is 54.6 Å². The highest BCUT2D eigenvalue weighted by Gasteiger charge is 2.45. The van der Waals surface area contributed by atoms with Crippen molar-refractivity contribution in [2.24, 2.45) is 0 Å². The second-order valence-electron chi connectivity index (χ2n) is 5.66. The highest BCUT2D eigenvalue weighted by atomic mass is 35.5. The Labute approximate surface area is 150 Å². The fourth-order valence-electron chi connectivity index (χ4n) is 2.95. The summed E-state index contributed by atoms with van der Waals surface area (Å²) in [5.41, 5.74) is 1.25. The number of Topliss-reactive ketones (excluding diaryl/α,β-unsaturated/α-hetero) is 1. The number of halogens is 1. The van der Waals surface area contributed by atoms with Gasteiger partial charge in [-0.15, -0.1) is 6.58 Å². The van der Waals surface area contributed by atoms with Crippen LogP contribution >= 0.6 is 11.6 Å². The van der Waals surface area contributed by atoms with Crippen LogP contribution in [0, 0.1) is 0 Å². The number of carbonyl (C=O) groups excluding carboxylic acids is 2. The van der Waals surface area contributed by atoms with Crippen LogP contribution in [0.1, 0.15) is 17.2 Å². The Morgan fingerprint density at radius 2 is 1.76 bits per heavy atom. The third kappa shape index (κ3) is 3.08. The third-order valence-electron chi connectivity index (χ3n) is 4.10. The van der Waals surface area contributed by atoms with E-state index >= 15 is 0 Å². The molecule has 0 aliphatic carbocycles. The summed E-state index contributed by atoms with van der Waals surface area (Å²) >= 11 is 5.94. The van der Waals surface area contributed by atoms with E-state index in [9.17, 15) is 14.7 Å². The zero-order valence-corrected chi connectivity index (χ0v) is 14.1. The minimum Gasteiger partial charge on any atom is -0.507 e. The number of nitrogens with zero attached hydrogens (tertiary/aromatic N) is 1. The van der Waals surface area contributed by atoms with Crippen molar-refractivity contribution in [3.63, 3.8) is 0 Å². The summed E-state index contributed by atoms with van der Waals surface area (Å²) in [4.78, 5) is 26.4. The Bertz CT molecular complexity index is 856. The summed E-state index contributed by atoms with van der Waals surface area (Å²) in [6.07, 6.45) is 1.55. The van der Waals surface area contributed by atoms with Gasteiger partial charge in [-0.1, -0.05) is 60.1 Å². The van der Waals surface area contributed by atoms with Crippen LogP contribution in [0.5, 0.6) is 0 Å². The molecule has 2 aromatic carbocycles. The first-order chi connectivity index (χ1) is 12.0. The molecular weight excluding hydrogens is 338 g/mol. The van der Waals surface area contributed by atoms with Crippen LogP contribution in [0.25, 0.3) is 5.76 Å². The normalized spacial score (nSPS) is 19.2. The molecule has 4 nitrogen and oxygen atoms in total. The van der Waals surface area contributed by atoms with Crippen LogP contribution in [-0.2, 0) is 9.59 Å². The molecule has 3 rings (SSSR count). The van der Waals surface area contributed by atoms with Gasteiger partial charge in [0.1, 0.15) is 5.76 Å². The molecule has 1 saturated heterocycles. The van der Waals surface area contributed by atoms with Crippen molar-refractivity contribution in [2.75, 3.05) is 6.54 Å². The van der Waals surface area contributed by atoms with Gasteiger partial charge in [-0.3, -0.25) is 9.59 Å². The first kappa shape index (κ1) is 17.0. The summed E-state index contributed by atoms with van der Waals surface area (Å²) in [6, 6.07) is 14.9. The zero-order valence-electron chi connectivity index (χ0n) is 13.4. The number of aliphatic hydroxyl groups excluding tert-OH is 1. The molecule has 0 spiro atoms. The van der Waals surface area contributed by atoms with Gasteiger partial charge in [-0.05, 0) is 17.7 Å². The molecule has 1 aliphatic rings. The topological polar surface area (TPSA) is 57.6 Å². The van der Waals surface area contributed by atoms with E-state index in [1.165, 1.54) is 4.90 Å². The molecule has 1 N–H and O–H groups in total. The smallest absolute Gasteiger partial charge is 0.295 e. The van der Waals surface area contributed by atoms with E-state index in [1.807, 2.05) is 6.07 Å². The molecule has 1 heterocycles. The lowest BCUT2D eigenvalue weighted by molar-refractivity contribution is -0.139. The summed E-state index contributed by atoms with van der Waals surface area (Å²) in [5, 5.41) is 11.3. The maximum atomic E-state index is 12.6. The molecule has 1 aliphatic heterocycles. The highest BCUT2D eigenvalue weighted by molar-refractivity contribution is 6.46. The Hall–Kier alpha value is -2.85. The van der Waals surface area contributed by atoms with Crippen LogP contribution in [0.2, 0.25) is 5.02 Å². The molecule has 5 heteroatoms. The molecule has 1 amide bonds. The number of aliphatic hydroxyl groups is 1. The molecule has 126 valence electrons. The number of hydrogen-bond donors (Lipinski definition) is 1. The predicted molar refractivity (Wildman–Crippen MR) is 97.1 cm³/mol. The first-order valence-electron chi connectivity index (χ1n) is 7.74. The van der Waals surface area contributed by atoms with Crippen LogP contribution in [0.4, 0.5) is 0 Å². The van der Waals surface area contributed by atoms with Gasteiger partial charge in [0.15, 0.2) is 0 Å². The monoisotopic (exact) mass is 353 g/mol. The summed E-state index contributed by atoms with van der Waals surface area (Å²) in [7, 11) is 0. The van der Waals surface area contributed by atoms with Crippen LogP contribution in [-0.4, -0.2) is 28.2 Å². The van der Waals surface area contributed by atoms with Gasteiger partial charge >= 0.3 is 0 Å². The van der Waals surface area contributed by atoms with E-state index in [2.05, 4.69) is 6.58 Å². The lowest BCUT2D eigenvalue weighted by Gasteiger charge is -2.24. The molecule has 2 aromatic rings. The Balaban J connectivity index is 2.19. The summed E-state index contributed by atoms with van der Waals surface area (Å²) < 4.78 is 0. The Kier molecular flexibility index (Phi) is 4.72. The van der Waals surface area contributed by atoms with Crippen LogP contribution in [0.3, 0.4) is 0 Å². The fraction of sp³-hybridized carbons (Fsp3) is 0.100. The maximum Gasteiger partial charge on any atom is 0.295 e. The van der Waals surface area contributed by atoms with E-state index in [0.717, 1.165) is 0 Å². The maximum absolute atomic E-state index is 12.6. The second-order valence-corrected chi connectivity index (χ2v) is 6.09. The average molecular weight is 354 g/mol. The summed E-state index contributed by atoms with van der Waals surface area (Å²) in [6.45, 7) is 3.85. The third-order valence-corrected chi connectivity index (χ3v) is 4.35. The minimum absolute atomic E-state index is 0.0698. The lowest BCUT2D eigenvalue weighted by Crippen LogP contribution is -2.29. The van der Waals surface area contributed by atoms with Gasteiger partial charge in [0.2, 0.25) is 0 Å². The number of likely N-dealkylation sites (tertiary alicyclic amines) is 1. The molecule has 0 unspecified atom stereocenters. The second kappa shape index (κ2) is 6.95. The molecule has 0 saturated carbocycles. The van der Waals surface area contributed by atoms with E-state index in [0.29, 0.717) is 16.1 Å². The first-order valence-corrected chi connectivity index (χ1v) is 8.12. The molecule has 1 fully saturated rings. The van der Waals surface area contributed by atoms with Crippen molar-refractivity contribution >= 4 is 29.1 Å². The van der Waals surface area contributed by atoms with Gasteiger partial charge in [0.05, 0.1) is 11.6 Å². The number of benzene rings is 2. The van der Waals surface area contributed by atoms with Crippen molar-refractivity contribution < 1.29 is 14.7 Å². The number of ketones is 1. The van der Waals surface area contributed by atoms with Crippen molar-refractivity contribution in [3.8, 4) is 0 Å². The van der Waals surface area contributed by atoms with Gasteiger partial charge in [-0.25, -0.2) is 0 Å². The van der Waals surface area contributed by atoms with Gasteiger partial charge in [-0.2, -0.15) is 0 Å². The van der Waals surface area contributed by atoms with E-state index < -0.39 is 17.7 Å². The van der Waals surface area contributed by atoms with Crippen molar-refractivity contribution in [3.05, 3.63) is 89.0 Å². The lowest BCUT2D eigenvalue weighted by atomic mass is 9.95.